The summed E-state index contributed by atoms with van der Waals surface area (Å²) in [5.74, 6) is -2.60. The highest BCUT2D eigenvalue weighted by atomic mass is 19.1. The Balaban J connectivity index is 2.09. The van der Waals surface area contributed by atoms with E-state index in [2.05, 4.69) is 0 Å². The lowest BCUT2D eigenvalue weighted by Gasteiger charge is -2.12. The molecule has 3 nitrogen and oxygen atoms in total. The van der Waals surface area contributed by atoms with Gasteiger partial charge in [0.05, 0.1) is 5.56 Å². The van der Waals surface area contributed by atoms with Crippen molar-refractivity contribution in [2.75, 3.05) is 0 Å². The van der Waals surface area contributed by atoms with Gasteiger partial charge in [-0.15, -0.1) is 0 Å². The number of carbonyl (C=O) groups excluding carboxylic acids is 2. The van der Waals surface area contributed by atoms with Crippen molar-refractivity contribution in [3.05, 3.63) is 71.3 Å². The smallest absolute Gasteiger partial charge is 0.341 e. The zero-order chi connectivity index (χ0) is 15.4. The summed E-state index contributed by atoms with van der Waals surface area (Å²) in [6.07, 6.45) is -1.09. The normalized spacial score (nSPS) is 11.8. The molecule has 1 atom stereocenters. The molecule has 0 aliphatic rings. The minimum atomic E-state index is -1.09. The first-order valence-corrected chi connectivity index (χ1v) is 6.24. The largest absolute Gasteiger partial charge is 0.451 e. The second-order valence-corrected chi connectivity index (χ2v) is 4.40. The van der Waals surface area contributed by atoms with Gasteiger partial charge in [-0.3, -0.25) is 4.79 Å². The Labute approximate surface area is 120 Å². The first-order chi connectivity index (χ1) is 9.99. The van der Waals surface area contributed by atoms with Crippen molar-refractivity contribution >= 4 is 11.8 Å². The molecule has 0 amide bonds. The summed E-state index contributed by atoms with van der Waals surface area (Å²) < 4.78 is 31.2. The molecule has 1 unspecified atom stereocenters. The number of benzene rings is 2. The van der Waals surface area contributed by atoms with Crippen LogP contribution in [0.1, 0.15) is 27.6 Å². The van der Waals surface area contributed by atoms with Gasteiger partial charge in [0.2, 0.25) is 5.78 Å². The SMILES string of the molecule is CC(OC(=O)c1ccccc1F)C(=O)c1ccc(F)cc1. The minimum absolute atomic E-state index is 0.213. The van der Waals surface area contributed by atoms with Crippen LogP contribution in [0.5, 0.6) is 0 Å². The maximum Gasteiger partial charge on any atom is 0.341 e. The van der Waals surface area contributed by atoms with Crippen molar-refractivity contribution in [3.63, 3.8) is 0 Å². The molecule has 0 saturated carbocycles. The lowest BCUT2D eigenvalue weighted by Crippen LogP contribution is -2.24. The van der Waals surface area contributed by atoms with Crippen LogP contribution in [-0.2, 0) is 4.74 Å². The van der Waals surface area contributed by atoms with E-state index < -0.39 is 29.5 Å². The Kier molecular flexibility index (Phi) is 4.42. The number of halogens is 2. The quantitative estimate of drug-likeness (QED) is 0.640. The number of ether oxygens (including phenoxy) is 1. The van der Waals surface area contributed by atoms with Crippen LogP contribution in [-0.4, -0.2) is 17.9 Å². The summed E-state index contributed by atoms with van der Waals surface area (Å²) in [6, 6.07) is 10.2. The number of carbonyl (C=O) groups is 2. The molecule has 0 fully saturated rings. The number of Topliss-reactive ketones (excluding diaryl/α,β-unsaturated/α-hetero) is 1. The molecule has 2 aromatic rings. The molecule has 0 aromatic heterocycles. The predicted octanol–water partition coefficient (Wildman–Crippen LogP) is 3.39. The Morgan fingerprint density at radius 1 is 1.00 bits per heavy atom. The summed E-state index contributed by atoms with van der Waals surface area (Å²) in [6.45, 7) is 1.38. The zero-order valence-electron chi connectivity index (χ0n) is 11.2. The molecule has 21 heavy (non-hydrogen) atoms. The van der Waals surface area contributed by atoms with E-state index >= 15 is 0 Å². The second-order valence-electron chi connectivity index (χ2n) is 4.40. The average molecular weight is 290 g/mol. The molecule has 0 saturated heterocycles. The van der Waals surface area contributed by atoms with Crippen molar-refractivity contribution in [2.24, 2.45) is 0 Å². The molecule has 108 valence electrons. The number of esters is 1. The van der Waals surface area contributed by atoms with Gasteiger partial charge in [-0.25, -0.2) is 13.6 Å². The van der Waals surface area contributed by atoms with Crippen molar-refractivity contribution in [1.82, 2.24) is 0 Å². The van der Waals surface area contributed by atoms with Gasteiger partial charge in [0.1, 0.15) is 11.6 Å². The summed E-state index contributed by atoms with van der Waals surface area (Å²) in [7, 11) is 0. The van der Waals surface area contributed by atoms with Crippen LogP contribution in [0.15, 0.2) is 48.5 Å². The molecular formula is C16H12F2O3. The molecule has 5 heteroatoms. The van der Waals surface area contributed by atoms with Crippen LogP contribution in [0.3, 0.4) is 0 Å². The van der Waals surface area contributed by atoms with Crippen LogP contribution in [0.4, 0.5) is 8.78 Å². The summed E-state index contributed by atoms with van der Waals surface area (Å²) in [5, 5.41) is 0. The maximum absolute atomic E-state index is 13.4. The van der Waals surface area contributed by atoms with Gasteiger partial charge in [-0.1, -0.05) is 12.1 Å². The van der Waals surface area contributed by atoms with E-state index in [-0.39, 0.29) is 11.1 Å². The van der Waals surface area contributed by atoms with Crippen LogP contribution in [0.25, 0.3) is 0 Å². The molecule has 0 spiro atoms. The summed E-state index contributed by atoms with van der Waals surface area (Å²) >= 11 is 0. The molecule has 0 aliphatic heterocycles. The molecule has 0 N–H and O–H groups in total. The maximum atomic E-state index is 13.4. The van der Waals surface area contributed by atoms with E-state index in [1.54, 1.807) is 0 Å². The fraction of sp³-hybridized carbons (Fsp3) is 0.125. The van der Waals surface area contributed by atoms with Gasteiger partial charge in [0, 0.05) is 5.56 Å². The first-order valence-electron chi connectivity index (χ1n) is 6.24. The number of rotatable bonds is 4. The van der Waals surface area contributed by atoms with E-state index in [9.17, 15) is 18.4 Å². The van der Waals surface area contributed by atoms with Crippen LogP contribution >= 0.6 is 0 Å². The minimum Gasteiger partial charge on any atom is -0.451 e. The lowest BCUT2D eigenvalue weighted by atomic mass is 10.1. The van der Waals surface area contributed by atoms with Gasteiger partial charge in [0.25, 0.3) is 0 Å². The third kappa shape index (κ3) is 3.51. The Morgan fingerprint density at radius 3 is 2.24 bits per heavy atom. The van der Waals surface area contributed by atoms with Crippen LogP contribution < -0.4 is 0 Å². The first kappa shape index (κ1) is 14.8. The predicted molar refractivity (Wildman–Crippen MR) is 72.0 cm³/mol. The fourth-order valence-corrected chi connectivity index (χ4v) is 1.75. The zero-order valence-corrected chi connectivity index (χ0v) is 11.2. The highest BCUT2D eigenvalue weighted by molar-refractivity contribution is 6.01. The average Bonchev–Trinajstić information content (AvgIpc) is 2.47. The van der Waals surface area contributed by atoms with Gasteiger partial charge in [0.15, 0.2) is 6.10 Å². The van der Waals surface area contributed by atoms with Gasteiger partial charge in [-0.2, -0.15) is 0 Å². The van der Waals surface area contributed by atoms with E-state index in [1.165, 1.54) is 37.3 Å². The third-order valence-corrected chi connectivity index (χ3v) is 2.88. The van der Waals surface area contributed by atoms with Gasteiger partial charge < -0.3 is 4.74 Å². The standard InChI is InChI=1S/C16H12F2O3/c1-10(15(19)11-6-8-12(17)9-7-11)21-16(20)13-4-2-3-5-14(13)18/h2-10H,1H3. The molecule has 2 aromatic carbocycles. The molecule has 2 rings (SSSR count). The van der Waals surface area contributed by atoms with E-state index in [0.29, 0.717) is 0 Å². The summed E-state index contributed by atoms with van der Waals surface area (Å²) in [4.78, 5) is 23.8. The van der Waals surface area contributed by atoms with Gasteiger partial charge in [-0.05, 0) is 43.3 Å². The number of ketones is 1. The topological polar surface area (TPSA) is 43.4 Å². The number of hydrogen-bond acceptors (Lipinski definition) is 3. The molecule has 0 radical (unpaired) electrons. The van der Waals surface area contributed by atoms with Gasteiger partial charge >= 0.3 is 5.97 Å². The van der Waals surface area contributed by atoms with Crippen LogP contribution in [0.2, 0.25) is 0 Å². The van der Waals surface area contributed by atoms with E-state index in [1.807, 2.05) is 0 Å². The monoisotopic (exact) mass is 290 g/mol. The molecule has 0 aliphatic carbocycles. The Morgan fingerprint density at radius 2 is 1.62 bits per heavy atom. The van der Waals surface area contributed by atoms with Crippen molar-refractivity contribution in [2.45, 2.75) is 13.0 Å². The third-order valence-electron chi connectivity index (χ3n) is 2.88. The summed E-state index contributed by atoms with van der Waals surface area (Å²) in [5.41, 5.74) is -0.0264. The number of hydrogen-bond donors (Lipinski definition) is 0. The highest BCUT2D eigenvalue weighted by Crippen LogP contribution is 2.12. The van der Waals surface area contributed by atoms with E-state index in [0.717, 1.165) is 18.2 Å². The lowest BCUT2D eigenvalue weighted by molar-refractivity contribution is 0.0314. The highest BCUT2D eigenvalue weighted by Gasteiger charge is 2.21. The van der Waals surface area contributed by atoms with Crippen molar-refractivity contribution in [3.8, 4) is 0 Å². The second kappa shape index (κ2) is 6.26. The van der Waals surface area contributed by atoms with Crippen molar-refractivity contribution in [1.29, 1.82) is 0 Å². The molecule has 0 heterocycles. The Hall–Kier alpha value is -2.56. The van der Waals surface area contributed by atoms with Crippen LogP contribution in [0, 0.1) is 11.6 Å². The van der Waals surface area contributed by atoms with E-state index in [4.69, 9.17) is 4.74 Å². The Bertz CT molecular complexity index is 665. The molecular weight excluding hydrogens is 278 g/mol. The molecule has 0 bridgehead atoms. The fourth-order valence-electron chi connectivity index (χ4n) is 1.75. The van der Waals surface area contributed by atoms with Crippen molar-refractivity contribution < 1.29 is 23.1 Å².